The number of aryl methyl sites for hydroxylation is 1. The van der Waals surface area contributed by atoms with Gasteiger partial charge in [0.05, 0.1) is 15.6 Å². The van der Waals surface area contributed by atoms with Crippen molar-refractivity contribution in [2.24, 2.45) is 4.99 Å². The zero-order valence-electron chi connectivity index (χ0n) is 16.7. The van der Waals surface area contributed by atoms with E-state index in [1.807, 2.05) is 31.4 Å². The predicted octanol–water partition coefficient (Wildman–Crippen LogP) is 2.91. The van der Waals surface area contributed by atoms with E-state index in [4.69, 9.17) is 0 Å². The second kappa shape index (κ2) is 9.32. The van der Waals surface area contributed by atoms with Gasteiger partial charge in [-0.05, 0) is 31.5 Å². The highest BCUT2D eigenvalue weighted by Gasteiger charge is 2.21. The second-order valence-corrected chi connectivity index (χ2v) is 9.00. The zero-order valence-corrected chi connectivity index (χ0v) is 18.3. The van der Waals surface area contributed by atoms with E-state index in [0.29, 0.717) is 0 Å². The molecule has 0 saturated carbocycles. The maximum absolute atomic E-state index is 4.58. The Balaban J connectivity index is 1.26. The molecular formula is C20H25N7S2. The van der Waals surface area contributed by atoms with Gasteiger partial charge in [0.2, 0.25) is 5.95 Å². The SMILES string of the molecule is CN=C(NCCc1ccc(-c2csc(C)n2)s1)N1CCN(c2ncccn2)CC1. The van der Waals surface area contributed by atoms with E-state index in [1.165, 1.54) is 9.75 Å². The molecule has 7 nitrogen and oxygen atoms in total. The summed E-state index contributed by atoms with van der Waals surface area (Å²) in [6.45, 7) is 6.52. The minimum absolute atomic E-state index is 0.805. The fraction of sp³-hybridized carbons (Fsp3) is 0.400. The van der Waals surface area contributed by atoms with Gasteiger partial charge in [0.25, 0.3) is 0 Å². The van der Waals surface area contributed by atoms with E-state index in [1.54, 1.807) is 23.7 Å². The molecule has 4 rings (SSSR count). The number of anilines is 1. The van der Waals surface area contributed by atoms with Crippen LogP contribution < -0.4 is 10.2 Å². The summed E-state index contributed by atoms with van der Waals surface area (Å²) in [6.07, 6.45) is 4.56. The lowest BCUT2D eigenvalue weighted by Crippen LogP contribution is -2.53. The van der Waals surface area contributed by atoms with Crippen molar-refractivity contribution in [1.29, 1.82) is 0 Å². The minimum Gasteiger partial charge on any atom is -0.356 e. The summed E-state index contributed by atoms with van der Waals surface area (Å²) in [5.41, 5.74) is 1.09. The average molecular weight is 428 g/mol. The van der Waals surface area contributed by atoms with Crippen LogP contribution in [0.2, 0.25) is 0 Å². The third-order valence-corrected chi connectivity index (χ3v) is 6.75. The Labute approximate surface area is 179 Å². The van der Waals surface area contributed by atoms with Crippen molar-refractivity contribution in [3.8, 4) is 10.6 Å². The van der Waals surface area contributed by atoms with Gasteiger partial charge < -0.3 is 15.1 Å². The Kier molecular flexibility index (Phi) is 6.36. The molecule has 0 radical (unpaired) electrons. The molecule has 1 aliphatic rings. The molecule has 1 aliphatic heterocycles. The molecule has 0 spiro atoms. The van der Waals surface area contributed by atoms with Crippen molar-refractivity contribution >= 4 is 34.6 Å². The number of aliphatic imine (C=N–C) groups is 1. The van der Waals surface area contributed by atoms with Crippen LogP contribution in [0.25, 0.3) is 10.6 Å². The summed E-state index contributed by atoms with van der Waals surface area (Å²) in [4.78, 5) is 24.9. The fourth-order valence-electron chi connectivity index (χ4n) is 3.33. The Hall–Kier alpha value is -2.52. The number of piperazine rings is 1. The van der Waals surface area contributed by atoms with Crippen molar-refractivity contribution in [2.45, 2.75) is 13.3 Å². The van der Waals surface area contributed by atoms with E-state index in [0.717, 1.165) is 61.8 Å². The van der Waals surface area contributed by atoms with Crippen molar-refractivity contribution < 1.29 is 0 Å². The monoisotopic (exact) mass is 427 g/mol. The van der Waals surface area contributed by atoms with Crippen LogP contribution in [-0.2, 0) is 6.42 Å². The molecule has 0 aromatic carbocycles. The number of aromatic nitrogens is 3. The molecule has 0 unspecified atom stereocenters. The van der Waals surface area contributed by atoms with Gasteiger partial charge in [0.15, 0.2) is 5.96 Å². The maximum Gasteiger partial charge on any atom is 0.225 e. The molecule has 3 aromatic heterocycles. The number of hydrogen-bond acceptors (Lipinski definition) is 7. The van der Waals surface area contributed by atoms with Crippen LogP contribution in [0.5, 0.6) is 0 Å². The Morgan fingerprint density at radius 3 is 2.66 bits per heavy atom. The first-order chi connectivity index (χ1) is 14.2. The van der Waals surface area contributed by atoms with Crippen LogP contribution in [-0.4, -0.2) is 65.6 Å². The summed E-state index contributed by atoms with van der Waals surface area (Å²) in [6, 6.07) is 6.23. The number of rotatable bonds is 5. The van der Waals surface area contributed by atoms with E-state index in [2.05, 4.69) is 52.6 Å². The van der Waals surface area contributed by atoms with Crippen LogP contribution in [0.3, 0.4) is 0 Å². The van der Waals surface area contributed by atoms with E-state index in [9.17, 15) is 0 Å². The molecule has 1 N–H and O–H groups in total. The normalized spacial score (nSPS) is 15.0. The molecule has 29 heavy (non-hydrogen) atoms. The van der Waals surface area contributed by atoms with Crippen molar-refractivity contribution in [2.75, 3.05) is 44.7 Å². The van der Waals surface area contributed by atoms with Crippen LogP contribution in [0.1, 0.15) is 9.88 Å². The van der Waals surface area contributed by atoms with Crippen LogP contribution >= 0.6 is 22.7 Å². The lowest BCUT2D eigenvalue weighted by atomic mass is 10.3. The third kappa shape index (κ3) is 4.91. The number of hydrogen-bond donors (Lipinski definition) is 1. The van der Waals surface area contributed by atoms with Gasteiger partial charge in [0.1, 0.15) is 0 Å². The number of thiophene rings is 1. The third-order valence-electron chi connectivity index (χ3n) is 4.81. The molecule has 9 heteroatoms. The molecule has 0 atom stereocenters. The summed E-state index contributed by atoms with van der Waals surface area (Å²) >= 11 is 3.52. The summed E-state index contributed by atoms with van der Waals surface area (Å²) in [5, 5.41) is 6.76. The van der Waals surface area contributed by atoms with Crippen molar-refractivity contribution in [3.63, 3.8) is 0 Å². The van der Waals surface area contributed by atoms with Crippen LogP contribution in [0, 0.1) is 6.92 Å². The summed E-state index contributed by atoms with van der Waals surface area (Å²) < 4.78 is 0. The quantitative estimate of drug-likeness (QED) is 0.499. The first-order valence-corrected chi connectivity index (χ1v) is 11.4. The van der Waals surface area contributed by atoms with Crippen molar-refractivity contribution in [3.05, 3.63) is 45.9 Å². The van der Waals surface area contributed by atoms with E-state index in [-0.39, 0.29) is 0 Å². The van der Waals surface area contributed by atoms with Crippen LogP contribution in [0.4, 0.5) is 5.95 Å². The van der Waals surface area contributed by atoms with Crippen LogP contribution in [0.15, 0.2) is 41.0 Å². The summed E-state index contributed by atoms with van der Waals surface area (Å²) in [7, 11) is 1.85. The first-order valence-electron chi connectivity index (χ1n) is 9.71. The molecule has 3 aromatic rings. The van der Waals surface area contributed by atoms with E-state index >= 15 is 0 Å². The molecule has 0 amide bonds. The summed E-state index contributed by atoms with van der Waals surface area (Å²) in [5.74, 6) is 1.77. The van der Waals surface area contributed by atoms with Gasteiger partial charge in [-0.15, -0.1) is 22.7 Å². The Bertz CT molecular complexity index is 943. The van der Waals surface area contributed by atoms with Gasteiger partial charge in [0, 0.05) is 62.4 Å². The van der Waals surface area contributed by atoms with E-state index < -0.39 is 0 Å². The smallest absolute Gasteiger partial charge is 0.225 e. The topological polar surface area (TPSA) is 69.5 Å². The average Bonchev–Trinajstić information content (AvgIpc) is 3.41. The lowest BCUT2D eigenvalue weighted by molar-refractivity contribution is 0.370. The Morgan fingerprint density at radius 2 is 1.97 bits per heavy atom. The maximum atomic E-state index is 4.58. The number of nitrogens with one attached hydrogen (secondary N) is 1. The number of guanidine groups is 1. The van der Waals surface area contributed by atoms with Crippen molar-refractivity contribution in [1.82, 2.24) is 25.2 Å². The predicted molar refractivity (Wildman–Crippen MR) is 121 cm³/mol. The Morgan fingerprint density at radius 1 is 1.17 bits per heavy atom. The van der Waals surface area contributed by atoms with Gasteiger partial charge in [-0.2, -0.15) is 0 Å². The zero-order chi connectivity index (χ0) is 20.1. The minimum atomic E-state index is 0.805. The molecule has 0 bridgehead atoms. The second-order valence-electron chi connectivity index (χ2n) is 6.76. The fourth-order valence-corrected chi connectivity index (χ4v) is 4.98. The molecular weight excluding hydrogens is 402 g/mol. The highest BCUT2D eigenvalue weighted by atomic mass is 32.1. The first kappa shape index (κ1) is 19.8. The van der Waals surface area contributed by atoms with Gasteiger partial charge in [-0.3, -0.25) is 4.99 Å². The largest absolute Gasteiger partial charge is 0.356 e. The molecule has 0 aliphatic carbocycles. The van der Waals surface area contributed by atoms with Gasteiger partial charge >= 0.3 is 0 Å². The van der Waals surface area contributed by atoms with Gasteiger partial charge in [-0.1, -0.05) is 0 Å². The molecule has 4 heterocycles. The lowest BCUT2D eigenvalue weighted by Gasteiger charge is -2.36. The molecule has 152 valence electrons. The highest BCUT2D eigenvalue weighted by Crippen LogP contribution is 2.29. The highest BCUT2D eigenvalue weighted by molar-refractivity contribution is 7.16. The number of nitrogens with zero attached hydrogens (tertiary/aromatic N) is 6. The number of thiazole rings is 1. The van der Waals surface area contributed by atoms with Gasteiger partial charge in [-0.25, -0.2) is 15.0 Å². The molecule has 1 saturated heterocycles. The standard InChI is InChI=1S/C20H25N7S2/c1-15-25-17(14-28-15)18-5-4-16(29-18)6-9-24-19(21-2)26-10-12-27(13-11-26)20-22-7-3-8-23-20/h3-5,7-8,14H,6,9-13H2,1-2H3,(H,21,24). The molecule has 1 fully saturated rings.